The predicted molar refractivity (Wildman–Crippen MR) is 102 cm³/mol. The second-order valence-electron chi connectivity index (χ2n) is 5.78. The smallest absolute Gasteiger partial charge is 0.340 e. The van der Waals surface area contributed by atoms with Crippen molar-refractivity contribution in [1.29, 1.82) is 0 Å². The highest BCUT2D eigenvalue weighted by Gasteiger charge is 2.14. The summed E-state index contributed by atoms with van der Waals surface area (Å²) in [5, 5.41) is 3.08. The Balaban J connectivity index is 1.88. The monoisotopic (exact) mass is 409 g/mol. The molecule has 0 saturated heterocycles. The van der Waals surface area contributed by atoms with Gasteiger partial charge in [-0.15, -0.1) is 0 Å². The van der Waals surface area contributed by atoms with Crippen LogP contribution in [0.4, 0.5) is 5.69 Å². The molecule has 8 heteroatoms. The summed E-state index contributed by atoms with van der Waals surface area (Å²) < 4.78 is 10.0. The zero-order valence-electron chi connectivity index (χ0n) is 14.6. The summed E-state index contributed by atoms with van der Waals surface area (Å²) >= 11 is 11.7. The van der Waals surface area contributed by atoms with Crippen LogP contribution in [0.25, 0.3) is 0 Å². The van der Waals surface area contributed by atoms with E-state index < -0.39 is 24.5 Å². The van der Waals surface area contributed by atoms with E-state index in [1.54, 1.807) is 26.0 Å². The molecule has 2 rings (SSSR count). The first-order valence-electron chi connectivity index (χ1n) is 7.99. The number of hydrogen-bond donors (Lipinski definition) is 1. The van der Waals surface area contributed by atoms with Crippen molar-refractivity contribution in [2.24, 2.45) is 0 Å². The molecule has 0 aliphatic carbocycles. The number of carbonyl (C=O) groups is 3. The maximum atomic E-state index is 12.0. The average Bonchev–Trinajstić information content (AvgIpc) is 2.59. The number of carbonyl (C=O) groups excluding carboxylic acids is 3. The zero-order valence-corrected chi connectivity index (χ0v) is 16.1. The lowest BCUT2D eigenvalue weighted by atomic mass is 10.2. The molecule has 0 aliphatic rings. The molecule has 0 atom stereocenters. The standard InChI is InChI=1S/C19H17Cl2NO5/c1-11(2)27-18(24)12-3-6-14(7-4-12)22-17(23)10-26-19(25)15-8-5-13(20)9-16(15)21/h3-9,11H,10H2,1-2H3,(H,22,23). The zero-order chi connectivity index (χ0) is 20.0. The molecular weight excluding hydrogens is 393 g/mol. The van der Waals surface area contributed by atoms with Crippen LogP contribution in [0.15, 0.2) is 42.5 Å². The van der Waals surface area contributed by atoms with E-state index in [4.69, 9.17) is 32.7 Å². The minimum Gasteiger partial charge on any atom is -0.459 e. The number of rotatable bonds is 6. The van der Waals surface area contributed by atoms with Crippen molar-refractivity contribution in [2.75, 3.05) is 11.9 Å². The van der Waals surface area contributed by atoms with Crippen molar-refractivity contribution in [2.45, 2.75) is 20.0 Å². The van der Waals surface area contributed by atoms with Crippen LogP contribution in [-0.2, 0) is 14.3 Å². The fourth-order valence-electron chi connectivity index (χ4n) is 2.03. The van der Waals surface area contributed by atoms with Crippen molar-refractivity contribution < 1.29 is 23.9 Å². The van der Waals surface area contributed by atoms with Crippen molar-refractivity contribution >= 4 is 46.7 Å². The summed E-state index contributed by atoms with van der Waals surface area (Å²) in [6.45, 7) is 3.02. The van der Waals surface area contributed by atoms with Gasteiger partial charge in [0.15, 0.2) is 6.61 Å². The summed E-state index contributed by atoms with van der Waals surface area (Å²) in [5.74, 6) is -1.72. The fourth-order valence-corrected chi connectivity index (χ4v) is 2.52. The molecule has 6 nitrogen and oxygen atoms in total. The van der Waals surface area contributed by atoms with Gasteiger partial charge in [0.05, 0.1) is 22.3 Å². The van der Waals surface area contributed by atoms with E-state index >= 15 is 0 Å². The van der Waals surface area contributed by atoms with E-state index in [9.17, 15) is 14.4 Å². The van der Waals surface area contributed by atoms with Crippen LogP contribution >= 0.6 is 23.2 Å². The maximum Gasteiger partial charge on any atom is 0.340 e. The van der Waals surface area contributed by atoms with E-state index in [0.717, 1.165) is 0 Å². The Hall–Kier alpha value is -2.57. The van der Waals surface area contributed by atoms with Crippen LogP contribution in [0.1, 0.15) is 34.6 Å². The van der Waals surface area contributed by atoms with Gasteiger partial charge in [-0.25, -0.2) is 9.59 Å². The minimum absolute atomic E-state index is 0.113. The van der Waals surface area contributed by atoms with Crippen molar-refractivity contribution in [1.82, 2.24) is 0 Å². The Morgan fingerprint density at radius 2 is 1.67 bits per heavy atom. The molecule has 0 radical (unpaired) electrons. The molecule has 0 aliphatic heterocycles. The van der Waals surface area contributed by atoms with Gasteiger partial charge < -0.3 is 14.8 Å². The number of ether oxygens (including phenoxy) is 2. The van der Waals surface area contributed by atoms with E-state index in [0.29, 0.717) is 16.3 Å². The first kappa shape index (κ1) is 20.7. The van der Waals surface area contributed by atoms with Crippen LogP contribution in [0.5, 0.6) is 0 Å². The van der Waals surface area contributed by atoms with Gasteiger partial charge in [-0.2, -0.15) is 0 Å². The van der Waals surface area contributed by atoms with E-state index in [1.165, 1.54) is 30.3 Å². The highest BCUT2D eigenvalue weighted by atomic mass is 35.5. The van der Waals surface area contributed by atoms with Crippen molar-refractivity contribution in [3.05, 3.63) is 63.6 Å². The number of esters is 2. The summed E-state index contributed by atoms with van der Waals surface area (Å²) in [7, 11) is 0. The molecule has 27 heavy (non-hydrogen) atoms. The molecule has 142 valence electrons. The number of halogens is 2. The Morgan fingerprint density at radius 3 is 2.26 bits per heavy atom. The van der Waals surface area contributed by atoms with Crippen molar-refractivity contribution in [3.63, 3.8) is 0 Å². The molecule has 0 bridgehead atoms. The molecule has 2 aromatic rings. The Labute approximate surface area is 166 Å². The maximum absolute atomic E-state index is 12.0. The summed E-state index contributed by atoms with van der Waals surface area (Å²) in [6, 6.07) is 10.5. The molecule has 1 N–H and O–H groups in total. The molecule has 2 aromatic carbocycles. The van der Waals surface area contributed by atoms with Gasteiger partial charge in [0.2, 0.25) is 0 Å². The molecule has 0 heterocycles. The summed E-state index contributed by atoms with van der Waals surface area (Å²) in [5.41, 5.74) is 0.925. The van der Waals surface area contributed by atoms with E-state index in [1.807, 2.05) is 0 Å². The number of hydrogen-bond acceptors (Lipinski definition) is 5. The lowest BCUT2D eigenvalue weighted by molar-refractivity contribution is -0.119. The van der Waals surface area contributed by atoms with Gasteiger partial charge in [0, 0.05) is 10.7 Å². The quantitative estimate of drug-likeness (QED) is 0.716. The largest absolute Gasteiger partial charge is 0.459 e. The molecule has 0 unspecified atom stereocenters. The first-order chi connectivity index (χ1) is 12.8. The first-order valence-corrected chi connectivity index (χ1v) is 8.75. The predicted octanol–water partition coefficient (Wildman–Crippen LogP) is 4.35. The van der Waals surface area contributed by atoms with Gasteiger partial charge in [-0.1, -0.05) is 23.2 Å². The van der Waals surface area contributed by atoms with Crippen LogP contribution in [-0.4, -0.2) is 30.6 Å². The van der Waals surface area contributed by atoms with E-state index in [2.05, 4.69) is 5.32 Å². The van der Waals surface area contributed by atoms with Crippen LogP contribution in [0.2, 0.25) is 10.0 Å². The molecule has 0 spiro atoms. The Bertz CT molecular complexity index is 850. The summed E-state index contributed by atoms with van der Waals surface area (Å²) in [6.07, 6.45) is -0.222. The number of nitrogens with one attached hydrogen (secondary N) is 1. The summed E-state index contributed by atoms with van der Waals surface area (Å²) in [4.78, 5) is 35.6. The normalized spacial score (nSPS) is 10.4. The van der Waals surface area contributed by atoms with Crippen LogP contribution < -0.4 is 5.32 Å². The highest BCUT2D eigenvalue weighted by molar-refractivity contribution is 6.36. The van der Waals surface area contributed by atoms with Gasteiger partial charge in [-0.3, -0.25) is 4.79 Å². The average molecular weight is 410 g/mol. The third-order valence-electron chi connectivity index (χ3n) is 3.23. The lowest BCUT2D eigenvalue weighted by Crippen LogP contribution is -2.21. The highest BCUT2D eigenvalue weighted by Crippen LogP contribution is 2.21. The topological polar surface area (TPSA) is 81.7 Å². The van der Waals surface area contributed by atoms with E-state index in [-0.39, 0.29) is 16.7 Å². The third kappa shape index (κ3) is 6.27. The van der Waals surface area contributed by atoms with Gasteiger partial charge in [0.25, 0.3) is 5.91 Å². The third-order valence-corrected chi connectivity index (χ3v) is 3.78. The number of benzene rings is 2. The molecule has 1 amide bonds. The van der Waals surface area contributed by atoms with Crippen LogP contribution in [0.3, 0.4) is 0 Å². The Kier molecular flexibility index (Phi) is 7.21. The minimum atomic E-state index is -0.737. The van der Waals surface area contributed by atoms with Crippen LogP contribution in [0, 0.1) is 0 Å². The second kappa shape index (κ2) is 9.39. The lowest BCUT2D eigenvalue weighted by Gasteiger charge is -2.09. The molecule has 0 fully saturated rings. The molecule has 0 aromatic heterocycles. The van der Waals surface area contributed by atoms with Gasteiger partial charge in [0.1, 0.15) is 0 Å². The van der Waals surface area contributed by atoms with Crippen molar-refractivity contribution in [3.8, 4) is 0 Å². The van der Waals surface area contributed by atoms with Gasteiger partial charge in [-0.05, 0) is 56.3 Å². The molecule has 0 saturated carbocycles. The van der Waals surface area contributed by atoms with Gasteiger partial charge >= 0.3 is 11.9 Å². The SMILES string of the molecule is CC(C)OC(=O)c1ccc(NC(=O)COC(=O)c2ccc(Cl)cc2Cl)cc1. The fraction of sp³-hybridized carbons (Fsp3) is 0.211. The number of amides is 1. The molecular formula is C19H17Cl2NO5. The number of anilines is 1. The Morgan fingerprint density at radius 1 is 1.00 bits per heavy atom. The second-order valence-corrected chi connectivity index (χ2v) is 6.62.